The number of halogens is 3. The maximum Gasteiger partial charge on any atom is 0.254 e. The number of amides is 1. The lowest BCUT2D eigenvalue weighted by atomic mass is 10.1. The number of hydrogen-bond acceptors (Lipinski definition) is 2. The molecule has 0 bridgehead atoms. The van der Waals surface area contributed by atoms with Crippen molar-refractivity contribution in [3.8, 4) is 0 Å². The number of hydrogen-bond donors (Lipinski definition) is 0. The molecule has 1 heterocycles. The Kier molecular flexibility index (Phi) is 4.90. The Morgan fingerprint density at radius 3 is 2.94 bits per heavy atom. The van der Waals surface area contributed by atoms with E-state index in [1.165, 1.54) is 0 Å². The molecule has 1 saturated heterocycles. The largest absolute Gasteiger partial charge is 0.377 e. The van der Waals surface area contributed by atoms with Crippen molar-refractivity contribution in [1.29, 1.82) is 0 Å². The average Bonchev–Trinajstić information content (AvgIpc) is 2.36. The van der Waals surface area contributed by atoms with Gasteiger partial charge >= 0.3 is 0 Å². The number of carbonyl (C=O) groups excluding carboxylic acids is 1. The summed E-state index contributed by atoms with van der Waals surface area (Å²) in [7, 11) is 0. The number of morpholine rings is 1. The first kappa shape index (κ1) is 14.1. The monoisotopic (exact) mass is 351 g/mol. The van der Waals surface area contributed by atoms with E-state index in [2.05, 4.69) is 15.9 Å². The fourth-order valence-corrected chi connectivity index (χ4v) is 3.01. The second-order valence-electron chi connectivity index (χ2n) is 4.04. The molecule has 1 aromatic carbocycles. The fourth-order valence-electron chi connectivity index (χ4n) is 1.89. The third kappa shape index (κ3) is 3.18. The van der Waals surface area contributed by atoms with E-state index in [9.17, 15) is 4.79 Å². The number of ether oxygens (including phenoxy) is 1. The van der Waals surface area contributed by atoms with E-state index < -0.39 is 0 Å². The van der Waals surface area contributed by atoms with Gasteiger partial charge in [0.05, 0.1) is 19.3 Å². The molecule has 18 heavy (non-hydrogen) atoms. The standard InChI is InChI=1S/C12H12BrCl2NO2/c13-9-3-8(4-10(15)5-9)12(17)16-1-2-18-7-11(16)6-14/h3-5,11H,1-2,6-7H2. The molecule has 1 aliphatic rings. The van der Waals surface area contributed by atoms with Gasteiger partial charge < -0.3 is 9.64 Å². The molecular weight excluding hydrogens is 341 g/mol. The number of nitrogens with zero attached hydrogens (tertiary/aromatic N) is 1. The topological polar surface area (TPSA) is 29.5 Å². The first-order valence-corrected chi connectivity index (χ1v) is 7.23. The van der Waals surface area contributed by atoms with Gasteiger partial charge in [-0.05, 0) is 18.2 Å². The summed E-state index contributed by atoms with van der Waals surface area (Å²) in [6.07, 6.45) is 0. The summed E-state index contributed by atoms with van der Waals surface area (Å²) in [5.74, 6) is 0.306. The summed E-state index contributed by atoms with van der Waals surface area (Å²) >= 11 is 15.1. The highest BCUT2D eigenvalue weighted by Gasteiger charge is 2.27. The molecule has 1 unspecified atom stereocenters. The molecule has 6 heteroatoms. The van der Waals surface area contributed by atoms with Gasteiger partial charge in [-0.1, -0.05) is 27.5 Å². The maximum absolute atomic E-state index is 12.4. The molecule has 0 radical (unpaired) electrons. The predicted octanol–water partition coefficient (Wildman–Crippen LogP) is 3.18. The quantitative estimate of drug-likeness (QED) is 0.765. The molecule has 1 aliphatic heterocycles. The van der Waals surface area contributed by atoms with Crippen LogP contribution in [0.1, 0.15) is 10.4 Å². The van der Waals surface area contributed by atoms with Crippen molar-refractivity contribution >= 4 is 45.0 Å². The van der Waals surface area contributed by atoms with E-state index in [1.807, 2.05) is 0 Å². The SMILES string of the molecule is O=C(c1cc(Cl)cc(Br)c1)N1CCOCC1CCl. The maximum atomic E-state index is 12.4. The first-order valence-electron chi connectivity index (χ1n) is 5.52. The lowest BCUT2D eigenvalue weighted by Crippen LogP contribution is -2.49. The first-order chi connectivity index (χ1) is 8.61. The van der Waals surface area contributed by atoms with E-state index in [0.717, 1.165) is 4.47 Å². The van der Waals surface area contributed by atoms with Crippen LogP contribution in [0.3, 0.4) is 0 Å². The highest BCUT2D eigenvalue weighted by molar-refractivity contribution is 9.10. The third-order valence-corrected chi connectivity index (χ3v) is 3.81. The Labute approximate surface area is 124 Å². The third-order valence-electron chi connectivity index (χ3n) is 2.78. The molecular formula is C12H12BrCl2NO2. The lowest BCUT2D eigenvalue weighted by Gasteiger charge is -2.34. The van der Waals surface area contributed by atoms with Crippen molar-refractivity contribution in [2.75, 3.05) is 25.6 Å². The van der Waals surface area contributed by atoms with Crippen molar-refractivity contribution in [3.63, 3.8) is 0 Å². The van der Waals surface area contributed by atoms with Gasteiger partial charge in [-0.25, -0.2) is 0 Å². The molecule has 1 aromatic rings. The summed E-state index contributed by atoms with van der Waals surface area (Å²) in [6, 6.07) is 5.09. The van der Waals surface area contributed by atoms with Gasteiger partial charge in [0.2, 0.25) is 0 Å². The molecule has 0 N–H and O–H groups in total. The van der Waals surface area contributed by atoms with Crippen LogP contribution in [0.4, 0.5) is 0 Å². The van der Waals surface area contributed by atoms with Crippen LogP contribution in [0.5, 0.6) is 0 Å². The lowest BCUT2D eigenvalue weighted by molar-refractivity contribution is 0.00456. The molecule has 0 aliphatic carbocycles. The second-order valence-corrected chi connectivity index (χ2v) is 5.70. The highest BCUT2D eigenvalue weighted by atomic mass is 79.9. The Bertz CT molecular complexity index is 435. The smallest absolute Gasteiger partial charge is 0.254 e. The molecule has 3 nitrogen and oxygen atoms in total. The molecule has 1 fully saturated rings. The van der Waals surface area contributed by atoms with Crippen molar-refractivity contribution in [3.05, 3.63) is 33.3 Å². The van der Waals surface area contributed by atoms with Crippen molar-refractivity contribution in [1.82, 2.24) is 4.90 Å². The zero-order chi connectivity index (χ0) is 13.1. The minimum Gasteiger partial charge on any atom is -0.377 e. The molecule has 0 aromatic heterocycles. The molecule has 1 amide bonds. The Morgan fingerprint density at radius 1 is 1.50 bits per heavy atom. The zero-order valence-electron chi connectivity index (χ0n) is 9.54. The van der Waals surface area contributed by atoms with E-state index in [1.54, 1.807) is 23.1 Å². The Hall–Kier alpha value is -0.290. The highest BCUT2D eigenvalue weighted by Crippen LogP contribution is 2.22. The van der Waals surface area contributed by atoms with Gasteiger partial charge in [-0.15, -0.1) is 11.6 Å². The summed E-state index contributed by atoms with van der Waals surface area (Å²) in [5, 5.41) is 0.531. The van der Waals surface area contributed by atoms with Crippen LogP contribution in [-0.2, 0) is 4.74 Å². The minimum absolute atomic E-state index is 0.0628. The van der Waals surface area contributed by atoms with Gasteiger partial charge in [-0.3, -0.25) is 4.79 Å². The summed E-state index contributed by atoms with van der Waals surface area (Å²) in [5.41, 5.74) is 0.561. The normalized spacial score (nSPS) is 19.9. The Morgan fingerprint density at radius 2 is 2.28 bits per heavy atom. The van der Waals surface area contributed by atoms with Gasteiger partial charge in [0.15, 0.2) is 0 Å². The molecule has 1 atom stereocenters. The van der Waals surface area contributed by atoms with Crippen LogP contribution < -0.4 is 0 Å². The average molecular weight is 353 g/mol. The van der Waals surface area contributed by atoms with Gasteiger partial charge in [0, 0.05) is 27.5 Å². The van der Waals surface area contributed by atoms with Crippen molar-refractivity contribution in [2.45, 2.75) is 6.04 Å². The van der Waals surface area contributed by atoms with E-state index in [4.69, 9.17) is 27.9 Å². The summed E-state index contributed by atoms with van der Waals surface area (Å²) in [6.45, 7) is 1.58. The van der Waals surface area contributed by atoms with Crippen LogP contribution >= 0.6 is 39.1 Å². The van der Waals surface area contributed by atoms with E-state index in [0.29, 0.717) is 36.2 Å². The zero-order valence-corrected chi connectivity index (χ0v) is 12.6. The number of alkyl halides is 1. The van der Waals surface area contributed by atoms with E-state index in [-0.39, 0.29) is 11.9 Å². The van der Waals surface area contributed by atoms with Gasteiger partial charge in [0.1, 0.15) is 0 Å². The number of rotatable bonds is 2. The fraction of sp³-hybridized carbons (Fsp3) is 0.417. The van der Waals surface area contributed by atoms with Crippen LogP contribution in [0.15, 0.2) is 22.7 Å². The van der Waals surface area contributed by atoms with Crippen LogP contribution in [0.2, 0.25) is 5.02 Å². The van der Waals surface area contributed by atoms with Crippen LogP contribution in [0.25, 0.3) is 0 Å². The van der Waals surface area contributed by atoms with E-state index >= 15 is 0 Å². The Balaban J connectivity index is 2.23. The minimum atomic E-state index is -0.0781. The second kappa shape index (κ2) is 6.24. The number of carbonyl (C=O) groups is 1. The molecule has 0 saturated carbocycles. The molecule has 0 spiro atoms. The molecule has 98 valence electrons. The predicted molar refractivity (Wildman–Crippen MR) is 75.5 cm³/mol. The van der Waals surface area contributed by atoms with Crippen LogP contribution in [-0.4, -0.2) is 42.5 Å². The van der Waals surface area contributed by atoms with Gasteiger partial charge in [-0.2, -0.15) is 0 Å². The van der Waals surface area contributed by atoms with Gasteiger partial charge in [0.25, 0.3) is 5.91 Å². The number of benzene rings is 1. The summed E-state index contributed by atoms with van der Waals surface area (Å²) in [4.78, 5) is 14.2. The van der Waals surface area contributed by atoms with Crippen molar-refractivity contribution < 1.29 is 9.53 Å². The molecule has 2 rings (SSSR count). The van der Waals surface area contributed by atoms with Crippen molar-refractivity contribution in [2.24, 2.45) is 0 Å². The summed E-state index contributed by atoms with van der Waals surface area (Å²) < 4.78 is 6.11. The van der Waals surface area contributed by atoms with Crippen LogP contribution in [0, 0.1) is 0 Å².